The van der Waals surface area contributed by atoms with Crippen molar-refractivity contribution in [2.75, 3.05) is 23.9 Å². The van der Waals surface area contributed by atoms with Crippen molar-refractivity contribution in [1.29, 1.82) is 0 Å². The number of thiazole rings is 1. The van der Waals surface area contributed by atoms with Crippen molar-refractivity contribution in [2.45, 2.75) is 26.3 Å². The third-order valence-corrected chi connectivity index (χ3v) is 7.03. The van der Waals surface area contributed by atoms with Gasteiger partial charge in [-0.2, -0.15) is 11.8 Å². The number of thioether (sulfide) groups is 1. The summed E-state index contributed by atoms with van der Waals surface area (Å²) in [4.78, 5) is 45.9. The minimum atomic E-state index is -0.919. The number of rotatable bonds is 9. The van der Waals surface area contributed by atoms with Crippen molar-refractivity contribution in [3.8, 4) is 17.0 Å². The van der Waals surface area contributed by atoms with Crippen LogP contribution in [-0.2, 0) is 4.79 Å². The van der Waals surface area contributed by atoms with Gasteiger partial charge in [0.15, 0.2) is 5.13 Å². The zero-order valence-electron chi connectivity index (χ0n) is 19.2. The minimum Gasteiger partial charge on any atom is -0.494 e. The fraction of sp³-hybridized carbons (Fsp3) is 0.280. The first-order valence-electron chi connectivity index (χ1n) is 10.9. The summed E-state index contributed by atoms with van der Waals surface area (Å²) >= 11 is 2.91. The van der Waals surface area contributed by atoms with E-state index in [-0.39, 0.29) is 0 Å². The smallest absolute Gasteiger partial charge is 0.262 e. The van der Waals surface area contributed by atoms with Gasteiger partial charge >= 0.3 is 0 Å². The van der Waals surface area contributed by atoms with Gasteiger partial charge in [-0.05, 0) is 68.7 Å². The number of hydrogen-bond acceptors (Lipinski definition) is 7. The summed E-state index contributed by atoms with van der Waals surface area (Å²) in [7, 11) is 0. The molecule has 0 saturated heterocycles. The summed E-state index contributed by atoms with van der Waals surface area (Å²) in [5.74, 6) is 0.111. The van der Waals surface area contributed by atoms with Crippen LogP contribution in [0, 0.1) is 6.92 Å². The van der Waals surface area contributed by atoms with Crippen LogP contribution in [-0.4, -0.2) is 52.3 Å². The van der Waals surface area contributed by atoms with E-state index in [9.17, 15) is 14.4 Å². The van der Waals surface area contributed by atoms with Crippen molar-refractivity contribution in [2.24, 2.45) is 0 Å². The molecule has 34 heavy (non-hydrogen) atoms. The zero-order chi connectivity index (χ0) is 24.2. The van der Waals surface area contributed by atoms with Crippen molar-refractivity contribution in [1.82, 2.24) is 9.88 Å². The predicted molar refractivity (Wildman–Crippen MR) is 136 cm³/mol. The van der Waals surface area contributed by atoms with Crippen LogP contribution in [0.15, 0.2) is 48.5 Å². The quantitative estimate of drug-likeness (QED) is 0.426. The van der Waals surface area contributed by atoms with Crippen LogP contribution in [0.4, 0.5) is 5.13 Å². The fourth-order valence-electron chi connectivity index (χ4n) is 3.88. The van der Waals surface area contributed by atoms with Gasteiger partial charge in [0.05, 0.1) is 23.4 Å². The molecular formula is C25H25N3O4S2. The zero-order valence-corrected chi connectivity index (χ0v) is 20.8. The van der Waals surface area contributed by atoms with Crippen molar-refractivity contribution in [3.05, 3.63) is 64.5 Å². The molecule has 1 atom stereocenters. The van der Waals surface area contributed by atoms with Crippen LogP contribution in [0.5, 0.6) is 5.75 Å². The van der Waals surface area contributed by atoms with Gasteiger partial charge in [0, 0.05) is 10.4 Å². The van der Waals surface area contributed by atoms with E-state index in [4.69, 9.17) is 4.74 Å². The molecule has 7 nitrogen and oxygen atoms in total. The van der Waals surface area contributed by atoms with Crippen LogP contribution in [0.3, 0.4) is 0 Å². The monoisotopic (exact) mass is 495 g/mol. The molecule has 0 radical (unpaired) electrons. The third-order valence-electron chi connectivity index (χ3n) is 5.50. The number of ether oxygens (including phenoxy) is 1. The number of hydrogen-bond donors (Lipinski definition) is 1. The molecule has 176 valence electrons. The summed E-state index contributed by atoms with van der Waals surface area (Å²) in [6.07, 6.45) is 2.28. The number of amides is 3. The first-order chi connectivity index (χ1) is 16.4. The fourth-order valence-corrected chi connectivity index (χ4v) is 5.18. The summed E-state index contributed by atoms with van der Waals surface area (Å²) in [6.45, 7) is 4.46. The Balaban J connectivity index is 1.56. The Morgan fingerprint density at radius 1 is 1.12 bits per heavy atom. The van der Waals surface area contributed by atoms with Crippen LogP contribution in [0.2, 0.25) is 0 Å². The maximum Gasteiger partial charge on any atom is 0.262 e. The molecule has 1 aromatic heterocycles. The SMILES string of the molecule is CCOc1ccc(-c2nc(NC(=O)C(CCSC)N3C(=O)c4ccccc4C3=O)sc2C)cc1. The molecule has 1 aliphatic rings. The molecule has 2 heterocycles. The summed E-state index contributed by atoms with van der Waals surface area (Å²) < 4.78 is 5.50. The van der Waals surface area contributed by atoms with Crippen molar-refractivity contribution in [3.63, 3.8) is 0 Å². The van der Waals surface area contributed by atoms with Crippen LogP contribution in [0.1, 0.15) is 38.9 Å². The Bertz CT molecular complexity index is 1190. The Morgan fingerprint density at radius 3 is 2.35 bits per heavy atom. The predicted octanol–water partition coefficient (Wildman–Crippen LogP) is 4.87. The van der Waals surface area contributed by atoms with Gasteiger partial charge < -0.3 is 10.1 Å². The molecule has 0 bridgehead atoms. The molecular weight excluding hydrogens is 470 g/mol. The minimum absolute atomic E-state index is 0.331. The Labute approximate surface area is 206 Å². The molecule has 1 unspecified atom stereocenters. The van der Waals surface area contributed by atoms with Crippen LogP contribution >= 0.6 is 23.1 Å². The largest absolute Gasteiger partial charge is 0.494 e. The lowest BCUT2D eigenvalue weighted by Crippen LogP contribution is -2.47. The van der Waals surface area contributed by atoms with Crippen molar-refractivity contribution >= 4 is 46.0 Å². The molecule has 9 heteroatoms. The van der Waals surface area contributed by atoms with Gasteiger partial charge in [-0.3, -0.25) is 19.3 Å². The number of fused-ring (bicyclic) bond motifs is 1. The van der Waals surface area contributed by atoms with Gasteiger partial charge in [0.2, 0.25) is 5.91 Å². The van der Waals surface area contributed by atoms with E-state index in [1.54, 1.807) is 36.0 Å². The van der Waals surface area contributed by atoms with E-state index >= 15 is 0 Å². The molecule has 0 spiro atoms. The molecule has 0 fully saturated rings. The van der Waals surface area contributed by atoms with Gasteiger partial charge in [-0.15, -0.1) is 11.3 Å². The Kier molecular flexibility index (Phi) is 7.33. The number of aryl methyl sites for hydroxylation is 1. The van der Waals surface area contributed by atoms with E-state index in [1.807, 2.05) is 44.4 Å². The molecule has 0 aliphatic carbocycles. The highest BCUT2D eigenvalue weighted by atomic mass is 32.2. The number of carbonyl (C=O) groups excluding carboxylic acids is 3. The van der Waals surface area contributed by atoms with Crippen molar-refractivity contribution < 1.29 is 19.1 Å². The second kappa shape index (κ2) is 10.4. The maximum absolute atomic E-state index is 13.3. The lowest BCUT2D eigenvalue weighted by molar-refractivity contribution is -0.120. The van der Waals surface area contributed by atoms with E-state index in [0.717, 1.165) is 26.8 Å². The van der Waals surface area contributed by atoms with Gasteiger partial charge in [-0.1, -0.05) is 12.1 Å². The number of benzene rings is 2. The van der Waals surface area contributed by atoms with E-state index in [1.165, 1.54) is 11.3 Å². The molecule has 1 aliphatic heterocycles. The van der Waals surface area contributed by atoms with Crippen LogP contribution in [0.25, 0.3) is 11.3 Å². The highest BCUT2D eigenvalue weighted by molar-refractivity contribution is 7.98. The normalized spacial score (nSPS) is 13.7. The lowest BCUT2D eigenvalue weighted by Gasteiger charge is -2.24. The van der Waals surface area contributed by atoms with Gasteiger partial charge in [0.1, 0.15) is 11.8 Å². The highest BCUT2D eigenvalue weighted by Gasteiger charge is 2.42. The maximum atomic E-state index is 13.3. The standard InChI is InChI=1S/C25H25N3O4S2/c1-4-32-17-11-9-16(10-12-17)21-15(2)34-25(26-21)27-22(29)20(13-14-33-3)28-23(30)18-7-5-6-8-19(18)24(28)31/h5-12,20H,4,13-14H2,1-3H3,(H,26,27,29). The van der Waals surface area contributed by atoms with Crippen LogP contribution < -0.4 is 10.1 Å². The molecule has 3 amide bonds. The summed E-state index contributed by atoms with van der Waals surface area (Å²) in [6, 6.07) is 13.4. The second-order valence-corrected chi connectivity index (χ2v) is 9.88. The first kappa shape index (κ1) is 24.0. The average molecular weight is 496 g/mol. The highest BCUT2D eigenvalue weighted by Crippen LogP contribution is 2.32. The summed E-state index contributed by atoms with van der Waals surface area (Å²) in [5.41, 5.74) is 2.34. The molecule has 0 saturated carbocycles. The molecule has 1 N–H and O–H groups in total. The third kappa shape index (κ3) is 4.71. The Hall–Kier alpha value is -3.17. The van der Waals surface area contributed by atoms with E-state index < -0.39 is 23.8 Å². The average Bonchev–Trinajstić information content (AvgIpc) is 3.32. The molecule has 4 rings (SSSR count). The lowest BCUT2D eigenvalue weighted by atomic mass is 10.1. The first-order valence-corrected chi connectivity index (χ1v) is 13.1. The van der Waals surface area contributed by atoms with Gasteiger partial charge in [-0.25, -0.2) is 4.98 Å². The number of nitrogens with zero attached hydrogens (tertiary/aromatic N) is 2. The topological polar surface area (TPSA) is 88.6 Å². The molecule has 3 aromatic rings. The van der Waals surface area contributed by atoms with E-state index in [0.29, 0.717) is 35.0 Å². The molecule has 2 aromatic carbocycles. The van der Waals surface area contributed by atoms with Gasteiger partial charge in [0.25, 0.3) is 11.8 Å². The number of imide groups is 1. The van der Waals surface area contributed by atoms with E-state index in [2.05, 4.69) is 10.3 Å². The Morgan fingerprint density at radius 2 is 1.76 bits per heavy atom. The number of nitrogens with one attached hydrogen (secondary N) is 1. The second-order valence-electron chi connectivity index (χ2n) is 7.69. The number of aromatic nitrogens is 1. The number of carbonyl (C=O) groups is 3. The number of anilines is 1. The summed E-state index contributed by atoms with van der Waals surface area (Å²) in [5, 5.41) is 3.27.